The van der Waals surface area contributed by atoms with E-state index < -0.39 is 11.7 Å². The third kappa shape index (κ3) is 2.90. The van der Waals surface area contributed by atoms with Gasteiger partial charge in [0.2, 0.25) is 5.96 Å². The summed E-state index contributed by atoms with van der Waals surface area (Å²) in [6.45, 7) is 6.74. The van der Waals surface area contributed by atoms with Gasteiger partial charge in [0.05, 0.1) is 0 Å². The second-order valence-electron chi connectivity index (χ2n) is 4.23. The van der Waals surface area contributed by atoms with Crippen molar-refractivity contribution < 1.29 is 9.53 Å². The molecule has 0 radical (unpaired) electrons. The van der Waals surface area contributed by atoms with Gasteiger partial charge < -0.3 is 10.5 Å². The van der Waals surface area contributed by atoms with Gasteiger partial charge in [-0.2, -0.15) is 0 Å². The summed E-state index contributed by atoms with van der Waals surface area (Å²) >= 11 is 0. The van der Waals surface area contributed by atoms with Gasteiger partial charge >= 0.3 is 6.09 Å². The van der Waals surface area contributed by atoms with Crippen molar-refractivity contribution in [1.82, 2.24) is 4.90 Å². The van der Waals surface area contributed by atoms with Crippen molar-refractivity contribution in [2.75, 3.05) is 13.1 Å². The summed E-state index contributed by atoms with van der Waals surface area (Å²) in [4.78, 5) is 16.9. The van der Waals surface area contributed by atoms with Crippen LogP contribution in [0.3, 0.4) is 0 Å². The summed E-state index contributed by atoms with van der Waals surface area (Å²) in [7, 11) is 0. The second kappa shape index (κ2) is 3.86. The van der Waals surface area contributed by atoms with Gasteiger partial charge in [0, 0.05) is 13.1 Å². The zero-order chi connectivity index (χ0) is 10.8. The molecule has 0 aliphatic carbocycles. The SMILES string of the molecule is CC(C)(C)OC(=O)N1CCCN=C1N. The average molecular weight is 199 g/mol. The molecule has 0 atom stereocenters. The molecule has 1 amide bonds. The van der Waals surface area contributed by atoms with Crippen LogP contribution < -0.4 is 5.73 Å². The largest absolute Gasteiger partial charge is 0.443 e. The highest BCUT2D eigenvalue weighted by Crippen LogP contribution is 2.11. The predicted octanol–water partition coefficient (Wildman–Crippen LogP) is 0.942. The summed E-state index contributed by atoms with van der Waals surface area (Å²) in [5.41, 5.74) is 5.08. The summed E-state index contributed by atoms with van der Waals surface area (Å²) in [6, 6.07) is 0. The number of rotatable bonds is 0. The monoisotopic (exact) mass is 199 g/mol. The van der Waals surface area contributed by atoms with Crippen LogP contribution in [0.15, 0.2) is 4.99 Å². The highest BCUT2D eigenvalue weighted by molar-refractivity contribution is 5.93. The summed E-state index contributed by atoms with van der Waals surface area (Å²) in [6.07, 6.45) is 0.415. The van der Waals surface area contributed by atoms with E-state index in [1.165, 1.54) is 4.90 Å². The van der Waals surface area contributed by atoms with Crippen LogP contribution in [0.5, 0.6) is 0 Å². The third-order valence-corrected chi connectivity index (χ3v) is 1.70. The molecule has 1 rings (SSSR count). The van der Waals surface area contributed by atoms with Crippen molar-refractivity contribution in [3.8, 4) is 0 Å². The van der Waals surface area contributed by atoms with E-state index in [0.717, 1.165) is 6.42 Å². The highest BCUT2D eigenvalue weighted by Gasteiger charge is 2.25. The molecule has 0 aromatic carbocycles. The molecule has 14 heavy (non-hydrogen) atoms. The number of hydrogen-bond donors (Lipinski definition) is 1. The first-order valence-electron chi connectivity index (χ1n) is 4.70. The topological polar surface area (TPSA) is 67.9 Å². The molecule has 0 saturated heterocycles. The van der Waals surface area contributed by atoms with Crippen molar-refractivity contribution in [3.63, 3.8) is 0 Å². The third-order valence-electron chi connectivity index (χ3n) is 1.70. The van der Waals surface area contributed by atoms with Crippen LogP contribution in [0.4, 0.5) is 4.79 Å². The van der Waals surface area contributed by atoms with Crippen molar-refractivity contribution in [3.05, 3.63) is 0 Å². The van der Waals surface area contributed by atoms with Crippen molar-refractivity contribution in [2.45, 2.75) is 32.8 Å². The Bertz CT molecular complexity index is 255. The lowest BCUT2D eigenvalue weighted by Crippen LogP contribution is -2.47. The molecule has 0 unspecified atom stereocenters. The van der Waals surface area contributed by atoms with Gasteiger partial charge in [-0.15, -0.1) is 0 Å². The van der Waals surface area contributed by atoms with Crippen LogP contribution in [0, 0.1) is 0 Å². The summed E-state index contributed by atoms with van der Waals surface area (Å²) in [5, 5.41) is 0. The molecule has 5 nitrogen and oxygen atoms in total. The second-order valence-corrected chi connectivity index (χ2v) is 4.23. The number of guanidine groups is 1. The zero-order valence-electron chi connectivity index (χ0n) is 8.91. The molecule has 0 fully saturated rings. The quantitative estimate of drug-likeness (QED) is 0.631. The van der Waals surface area contributed by atoms with Gasteiger partial charge in [-0.05, 0) is 27.2 Å². The maximum atomic E-state index is 11.6. The first kappa shape index (κ1) is 10.8. The van der Waals surface area contributed by atoms with Crippen LogP contribution in [-0.4, -0.2) is 35.6 Å². The Balaban J connectivity index is 2.60. The molecule has 80 valence electrons. The van der Waals surface area contributed by atoms with Crippen molar-refractivity contribution in [1.29, 1.82) is 0 Å². The molecule has 0 saturated carbocycles. The van der Waals surface area contributed by atoms with Gasteiger partial charge in [-0.1, -0.05) is 0 Å². The van der Waals surface area contributed by atoms with E-state index in [1.54, 1.807) is 0 Å². The number of ether oxygens (including phenoxy) is 1. The number of aliphatic imine (C=N–C) groups is 1. The fraction of sp³-hybridized carbons (Fsp3) is 0.778. The minimum atomic E-state index is -0.491. The maximum absolute atomic E-state index is 11.6. The number of hydrogen-bond acceptors (Lipinski definition) is 4. The van der Waals surface area contributed by atoms with E-state index in [9.17, 15) is 4.79 Å². The Kier molecular flexibility index (Phi) is 2.98. The molecule has 2 N–H and O–H groups in total. The molecular formula is C9H17N3O2. The number of amides is 1. The van der Waals surface area contributed by atoms with Crippen molar-refractivity contribution in [2.24, 2.45) is 10.7 Å². The van der Waals surface area contributed by atoms with Gasteiger partial charge in [0.15, 0.2) is 0 Å². The molecule has 1 aliphatic heterocycles. The lowest BCUT2D eigenvalue weighted by Gasteiger charge is -2.28. The van der Waals surface area contributed by atoms with E-state index >= 15 is 0 Å². The minimum Gasteiger partial charge on any atom is -0.443 e. The zero-order valence-corrected chi connectivity index (χ0v) is 8.91. The molecule has 1 aliphatic rings. The first-order chi connectivity index (χ1) is 6.40. The van der Waals surface area contributed by atoms with Crippen LogP contribution in [0.2, 0.25) is 0 Å². The van der Waals surface area contributed by atoms with E-state index in [1.807, 2.05) is 20.8 Å². The van der Waals surface area contributed by atoms with Gasteiger partial charge in [0.1, 0.15) is 5.60 Å². The Hall–Kier alpha value is -1.26. The first-order valence-corrected chi connectivity index (χ1v) is 4.70. The smallest absolute Gasteiger partial charge is 0.417 e. The Morgan fingerprint density at radius 3 is 2.71 bits per heavy atom. The summed E-state index contributed by atoms with van der Waals surface area (Å²) in [5.74, 6) is 0.255. The van der Waals surface area contributed by atoms with Crippen LogP contribution in [-0.2, 0) is 4.74 Å². The van der Waals surface area contributed by atoms with Crippen molar-refractivity contribution >= 4 is 12.1 Å². The van der Waals surface area contributed by atoms with Crippen LogP contribution in [0.1, 0.15) is 27.2 Å². The molecule has 1 heterocycles. The number of carbonyl (C=O) groups is 1. The molecule has 0 aromatic heterocycles. The molecular weight excluding hydrogens is 182 g/mol. The van der Waals surface area contributed by atoms with E-state index in [0.29, 0.717) is 13.1 Å². The number of carbonyl (C=O) groups excluding carboxylic acids is 1. The molecule has 0 spiro atoms. The van der Waals surface area contributed by atoms with E-state index in [4.69, 9.17) is 10.5 Å². The van der Waals surface area contributed by atoms with Crippen LogP contribution in [0.25, 0.3) is 0 Å². The molecule has 5 heteroatoms. The Labute approximate surface area is 83.9 Å². The molecule has 0 bridgehead atoms. The maximum Gasteiger partial charge on any atom is 0.417 e. The standard InChI is InChI=1S/C9H17N3O2/c1-9(2,3)14-8(13)12-6-4-5-11-7(12)10/h4-6H2,1-3H3,(H2,10,11). The van der Waals surface area contributed by atoms with Gasteiger partial charge in [0.25, 0.3) is 0 Å². The minimum absolute atomic E-state index is 0.255. The summed E-state index contributed by atoms with van der Waals surface area (Å²) < 4.78 is 5.17. The Morgan fingerprint density at radius 1 is 1.57 bits per heavy atom. The Morgan fingerprint density at radius 2 is 2.21 bits per heavy atom. The predicted molar refractivity (Wildman–Crippen MR) is 54.0 cm³/mol. The highest BCUT2D eigenvalue weighted by atomic mass is 16.6. The van der Waals surface area contributed by atoms with Gasteiger partial charge in [-0.25, -0.2) is 9.69 Å². The number of nitrogens with two attached hydrogens (primary N) is 1. The van der Waals surface area contributed by atoms with E-state index in [2.05, 4.69) is 4.99 Å². The van der Waals surface area contributed by atoms with E-state index in [-0.39, 0.29) is 5.96 Å². The van der Waals surface area contributed by atoms with Gasteiger partial charge in [-0.3, -0.25) is 4.99 Å². The number of nitrogens with zero attached hydrogens (tertiary/aromatic N) is 2. The fourth-order valence-electron chi connectivity index (χ4n) is 1.12. The fourth-order valence-corrected chi connectivity index (χ4v) is 1.12. The lowest BCUT2D eigenvalue weighted by atomic mass is 10.2. The lowest BCUT2D eigenvalue weighted by molar-refractivity contribution is 0.0361. The van der Waals surface area contributed by atoms with Crippen LogP contribution >= 0.6 is 0 Å². The normalized spacial score (nSPS) is 17.6. The molecule has 0 aromatic rings. The average Bonchev–Trinajstić information content (AvgIpc) is 2.01.